The zero-order valence-corrected chi connectivity index (χ0v) is 22.0. The van der Waals surface area contributed by atoms with Gasteiger partial charge in [0.2, 0.25) is 5.91 Å². The Hall–Kier alpha value is -3.85. The van der Waals surface area contributed by atoms with Crippen molar-refractivity contribution in [3.8, 4) is 0 Å². The van der Waals surface area contributed by atoms with Crippen LogP contribution in [0.5, 0.6) is 0 Å². The summed E-state index contributed by atoms with van der Waals surface area (Å²) in [5.41, 5.74) is -0.693. The van der Waals surface area contributed by atoms with Gasteiger partial charge in [-0.2, -0.15) is 13.2 Å². The van der Waals surface area contributed by atoms with Crippen molar-refractivity contribution >= 4 is 17.7 Å². The maximum Gasteiger partial charge on any atom is 0.446 e. The number of alkyl halides is 3. The zero-order valence-electron chi connectivity index (χ0n) is 21.2. The third-order valence-electron chi connectivity index (χ3n) is 6.80. The van der Waals surface area contributed by atoms with Crippen molar-refractivity contribution in [2.24, 2.45) is 0 Å². The molecule has 0 N–H and O–H groups in total. The molecule has 5 nitrogen and oxygen atoms in total. The fraction of sp³-hybridized carbons (Fsp3) is 0.233. The van der Waals surface area contributed by atoms with E-state index in [-0.39, 0.29) is 47.1 Å². The Morgan fingerprint density at radius 1 is 0.949 bits per heavy atom. The molecule has 0 atom stereocenters. The monoisotopic (exact) mass is 549 g/mol. The third-order valence-corrected chi connectivity index (χ3v) is 7.54. The second-order valence-corrected chi connectivity index (χ2v) is 10.6. The minimum absolute atomic E-state index is 0.0619. The van der Waals surface area contributed by atoms with Crippen LogP contribution in [0.15, 0.2) is 94.6 Å². The Balaban J connectivity index is 1.39. The number of hydrogen-bond donors (Lipinski definition) is 0. The second kappa shape index (κ2) is 11.1. The molecular weight excluding hydrogens is 523 g/mol. The van der Waals surface area contributed by atoms with Crippen LogP contribution in [0.1, 0.15) is 39.8 Å². The number of aromatic nitrogens is 2. The van der Waals surface area contributed by atoms with Gasteiger partial charge in [-0.15, -0.1) is 0 Å². The molecule has 1 aliphatic rings. The topological polar surface area (TPSA) is 55.2 Å². The van der Waals surface area contributed by atoms with Crippen LogP contribution in [0, 0.1) is 6.92 Å². The number of carbonyl (C=O) groups excluding carboxylic acids is 1. The van der Waals surface area contributed by atoms with E-state index in [0.29, 0.717) is 35.6 Å². The molecule has 1 aliphatic heterocycles. The molecule has 9 heteroatoms. The lowest BCUT2D eigenvalue weighted by molar-refractivity contribution is -0.131. The Labute approximate surface area is 228 Å². The first-order valence-corrected chi connectivity index (χ1v) is 13.3. The predicted octanol–water partition coefficient (Wildman–Crippen LogP) is 5.93. The molecule has 1 amide bonds. The quantitative estimate of drug-likeness (QED) is 0.280. The number of benzene rings is 3. The highest BCUT2D eigenvalue weighted by atomic mass is 32.2. The van der Waals surface area contributed by atoms with Gasteiger partial charge in [0, 0.05) is 17.0 Å². The van der Waals surface area contributed by atoms with E-state index in [9.17, 15) is 22.8 Å². The van der Waals surface area contributed by atoms with Crippen molar-refractivity contribution in [1.29, 1.82) is 0 Å². The summed E-state index contributed by atoms with van der Waals surface area (Å²) in [5, 5.41) is 0. The lowest BCUT2D eigenvalue weighted by Crippen LogP contribution is -2.42. The molecule has 0 spiro atoms. The molecule has 2 heterocycles. The molecule has 0 fully saturated rings. The van der Waals surface area contributed by atoms with E-state index in [0.717, 1.165) is 11.1 Å². The van der Waals surface area contributed by atoms with Gasteiger partial charge in [-0.05, 0) is 53.9 Å². The molecule has 0 saturated heterocycles. The van der Waals surface area contributed by atoms with Crippen molar-refractivity contribution in [2.75, 3.05) is 6.54 Å². The highest BCUT2D eigenvalue weighted by Crippen LogP contribution is 2.36. The molecule has 0 bridgehead atoms. The SMILES string of the molecule is Cc1nc2c(c(=O)n1C(c1ccccc1)c1ccccc1)CCN(C(=O)Cc1ccc(SC(F)(F)F)cc1)C2. The molecule has 0 aliphatic carbocycles. The van der Waals surface area contributed by atoms with E-state index in [1.165, 1.54) is 24.3 Å². The Bertz CT molecular complexity index is 1480. The number of fused-ring (bicyclic) bond motifs is 1. The van der Waals surface area contributed by atoms with Crippen LogP contribution in [-0.4, -0.2) is 32.4 Å². The first-order chi connectivity index (χ1) is 18.7. The summed E-state index contributed by atoms with van der Waals surface area (Å²) in [5.74, 6) is 0.399. The van der Waals surface area contributed by atoms with Crippen LogP contribution < -0.4 is 5.56 Å². The van der Waals surface area contributed by atoms with Crippen LogP contribution in [0.3, 0.4) is 0 Å². The van der Waals surface area contributed by atoms with Gasteiger partial charge < -0.3 is 4.90 Å². The number of aryl methyl sites for hydroxylation is 1. The Morgan fingerprint density at radius 2 is 1.54 bits per heavy atom. The van der Waals surface area contributed by atoms with E-state index in [1.54, 1.807) is 9.47 Å². The van der Waals surface area contributed by atoms with Crippen molar-refractivity contribution in [2.45, 2.75) is 42.8 Å². The van der Waals surface area contributed by atoms with Gasteiger partial charge in [-0.1, -0.05) is 72.8 Å². The van der Waals surface area contributed by atoms with E-state index in [1.807, 2.05) is 67.6 Å². The van der Waals surface area contributed by atoms with Crippen LogP contribution in [0.2, 0.25) is 0 Å². The summed E-state index contributed by atoms with van der Waals surface area (Å²) in [6.07, 6.45) is 0.442. The number of halogens is 3. The third kappa shape index (κ3) is 6.09. The highest BCUT2D eigenvalue weighted by Gasteiger charge is 2.30. The molecule has 200 valence electrons. The van der Waals surface area contributed by atoms with Crippen molar-refractivity contribution < 1.29 is 18.0 Å². The summed E-state index contributed by atoms with van der Waals surface area (Å²) in [4.78, 5) is 33.4. The first-order valence-electron chi connectivity index (χ1n) is 12.5. The van der Waals surface area contributed by atoms with Crippen molar-refractivity contribution in [1.82, 2.24) is 14.5 Å². The standard InChI is InChI=1S/C30H26F3N3O2S/c1-20-34-26-19-35(27(37)18-21-12-14-24(15-13-21)39-30(31,32)33)17-16-25(26)29(38)36(20)28(22-8-4-2-5-9-22)23-10-6-3-7-11-23/h2-15,28H,16-19H2,1H3. The zero-order chi connectivity index (χ0) is 27.6. The van der Waals surface area contributed by atoms with E-state index in [4.69, 9.17) is 4.98 Å². The van der Waals surface area contributed by atoms with Crippen LogP contribution >= 0.6 is 11.8 Å². The molecule has 0 saturated carbocycles. The fourth-order valence-electron chi connectivity index (χ4n) is 4.99. The fourth-order valence-corrected chi connectivity index (χ4v) is 5.53. The average Bonchev–Trinajstić information content (AvgIpc) is 2.92. The summed E-state index contributed by atoms with van der Waals surface area (Å²) in [7, 11) is 0. The summed E-state index contributed by atoms with van der Waals surface area (Å²) < 4.78 is 39.5. The number of hydrogen-bond acceptors (Lipinski definition) is 4. The Morgan fingerprint density at radius 3 is 2.10 bits per heavy atom. The second-order valence-electron chi connectivity index (χ2n) is 9.42. The molecule has 1 aromatic heterocycles. The molecule has 0 radical (unpaired) electrons. The lowest BCUT2D eigenvalue weighted by Gasteiger charge is -2.30. The van der Waals surface area contributed by atoms with Gasteiger partial charge in [0.05, 0.1) is 24.7 Å². The lowest BCUT2D eigenvalue weighted by atomic mass is 9.97. The number of amides is 1. The van der Waals surface area contributed by atoms with Gasteiger partial charge in [0.15, 0.2) is 0 Å². The predicted molar refractivity (Wildman–Crippen MR) is 145 cm³/mol. The van der Waals surface area contributed by atoms with Gasteiger partial charge >= 0.3 is 5.51 Å². The molecule has 39 heavy (non-hydrogen) atoms. The number of nitrogens with zero attached hydrogens (tertiary/aromatic N) is 3. The van der Waals surface area contributed by atoms with E-state index in [2.05, 4.69) is 0 Å². The minimum atomic E-state index is -4.36. The summed E-state index contributed by atoms with van der Waals surface area (Å²) in [6.45, 7) is 2.39. The van der Waals surface area contributed by atoms with Crippen molar-refractivity contribution in [3.63, 3.8) is 0 Å². The molecule has 4 aromatic rings. The van der Waals surface area contributed by atoms with Crippen LogP contribution in [0.25, 0.3) is 0 Å². The molecule has 3 aromatic carbocycles. The Kier molecular flexibility index (Phi) is 7.61. The van der Waals surface area contributed by atoms with Gasteiger partial charge in [-0.3, -0.25) is 14.2 Å². The summed E-state index contributed by atoms with van der Waals surface area (Å²) in [6, 6.07) is 25.1. The van der Waals surface area contributed by atoms with E-state index >= 15 is 0 Å². The van der Waals surface area contributed by atoms with Crippen LogP contribution in [0.4, 0.5) is 13.2 Å². The first kappa shape index (κ1) is 26.7. The normalized spacial score (nSPS) is 13.4. The average molecular weight is 550 g/mol. The van der Waals surface area contributed by atoms with Crippen molar-refractivity contribution in [3.05, 3.63) is 129 Å². The van der Waals surface area contributed by atoms with Gasteiger partial charge in [-0.25, -0.2) is 4.98 Å². The largest absolute Gasteiger partial charge is 0.446 e. The molecular formula is C30H26F3N3O2S. The van der Waals surface area contributed by atoms with E-state index < -0.39 is 5.51 Å². The number of rotatable bonds is 6. The number of carbonyl (C=O) groups is 1. The molecule has 5 rings (SSSR count). The van der Waals surface area contributed by atoms with Gasteiger partial charge in [0.25, 0.3) is 5.56 Å². The minimum Gasteiger partial charge on any atom is -0.336 e. The number of thioether (sulfide) groups is 1. The molecule has 0 unspecified atom stereocenters. The smallest absolute Gasteiger partial charge is 0.336 e. The highest BCUT2D eigenvalue weighted by molar-refractivity contribution is 8.00. The van der Waals surface area contributed by atoms with Gasteiger partial charge in [0.1, 0.15) is 5.82 Å². The van der Waals surface area contributed by atoms with Crippen LogP contribution in [-0.2, 0) is 24.2 Å². The summed E-state index contributed by atoms with van der Waals surface area (Å²) >= 11 is -0.184. The maximum absolute atomic E-state index is 13.9. The maximum atomic E-state index is 13.9.